The van der Waals surface area contributed by atoms with Crippen molar-refractivity contribution in [3.63, 3.8) is 0 Å². The van der Waals surface area contributed by atoms with Gasteiger partial charge in [0.2, 0.25) is 0 Å². The fourth-order valence-electron chi connectivity index (χ4n) is 3.49. The van der Waals surface area contributed by atoms with Crippen LogP contribution in [0.2, 0.25) is 0 Å². The average molecular weight is 441 g/mol. The highest BCUT2D eigenvalue weighted by molar-refractivity contribution is 14.1. The summed E-state index contributed by atoms with van der Waals surface area (Å²) in [5.41, 5.74) is 1.72. The SMILES string of the molecule is O=C(O)C(c1ncn2c1CCC2)N1Cc2c(F)cc(I)cc2C1=O. The second-order valence-electron chi connectivity index (χ2n) is 5.96. The number of carbonyl (C=O) groups is 2. The van der Waals surface area contributed by atoms with Crippen LogP contribution < -0.4 is 0 Å². The molecule has 124 valence electrons. The number of halogens is 2. The fourth-order valence-corrected chi connectivity index (χ4v) is 4.08. The number of rotatable bonds is 3. The topological polar surface area (TPSA) is 75.4 Å². The molecular weight excluding hydrogens is 428 g/mol. The molecule has 8 heteroatoms. The van der Waals surface area contributed by atoms with E-state index in [4.69, 9.17) is 0 Å². The molecule has 6 nitrogen and oxygen atoms in total. The quantitative estimate of drug-likeness (QED) is 0.743. The van der Waals surface area contributed by atoms with Crippen molar-refractivity contribution in [1.82, 2.24) is 14.5 Å². The molecular formula is C16H13FIN3O3. The van der Waals surface area contributed by atoms with Crippen LogP contribution in [0.25, 0.3) is 0 Å². The number of imidazole rings is 1. The number of hydrogen-bond acceptors (Lipinski definition) is 3. The standard InChI is InChI=1S/C16H13FIN3O3/c17-11-5-8(18)4-9-10(11)6-21(15(9)22)14(16(23)24)13-12-2-1-3-20(12)7-19-13/h4-5,7,14H,1-3,6H2,(H,23,24). The normalized spacial score (nSPS) is 17.1. The smallest absolute Gasteiger partial charge is 0.332 e. The number of aromatic nitrogens is 2. The van der Waals surface area contributed by atoms with Crippen molar-refractivity contribution in [1.29, 1.82) is 0 Å². The Labute approximate surface area is 150 Å². The van der Waals surface area contributed by atoms with Gasteiger partial charge in [-0.05, 0) is 47.6 Å². The molecule has 24 heavy (non-hydrogen) atoms. The Hall–Kier alpha value is -1.97. The minimum absolute atomic E-state index is 0.0554. The van der Waals surface area contributed by atoms with Gasteiger partial charge in [-0.1, -0.05) is 0 Å². The maximum absolute atomic E-state index is 14.2. The third-order valence-electron chi connectivity index (χ3n) is 4.58. The third-order valence-corrected chi connectivity index (χ3v) is 5.20. The molecule has 4 rings (SSSR count). The summed E-state index contributed by atoms with van der Waals surface area (Å²) < 4.78 is 16.7. The molecule has 0 fully saturated rings. The highest BCUT2D eigenvalue weighted by Gasteiger charge is 2.41. The first-order valence-corrected chi connectivity index (χ1v) is 8.61. The molecule has 2 aromatic rings. The molecule has 1 aromatic heterocycles. The molecule has 1 atom stereocenters. The summed E-state index contributed by atoms with van der Waals surface area (Å²) in [6.07, 6.45) is 3.28. The van der Waals surface area contributed by atoms with Crippen LogP contribution in [-0.2, 0) is 24.3 Å². The van der Waals surface area contributed by atoms with Gasteiger partial charge in [0.05, 0.1) is 18.6 Å². The Balaban J connectivity index is 1.77. The predicted octanol–water partition coefficient (Wildman–Crippen LogP) is 2.35. The summed E-state index contributed by atoms with van der Waals surface area (Å²) in [6, 6.07) is 1.74. The molecule has 0 aliphatic carbocycles. The van der Waals surface area contributed by atoms with Crippen molar-refractivity contribution in [2.45, 2.75) is 32.0 Å². The Morgan fingerprint density at radius 3 is 2.96 bits per heavy atom. The van der Waals surface area contributed by atoms with Crippen LogP contribution in [0.3, 0.4) is 0 Å². The largest absolute Gasteiger partial charge is 0.479 e. The van der Waals surface area contributed by atoms with Gasteiger partial charge in [0.15, 0.2) is 6.04 Å². The number of carbonyl (C=O) groups excluding carboxylic acids is 1. The van der Waals surface area contributed by atoms with Crippen LogP contribution in [0.15, 0.2) is 18.5 Å². The van der Waals surface area contributed by atoms with Crippen molar-refractivity contribution in [3.8, 4) is 0 Å². The second-order valence-corrected chi connectivity index (χ2v) is 7.21. The average Bonchev–Trinajstić information content (AvgIpc) is 3.18. The zero-order valence-corrected chi connectivity index (χ0v) is 14.7. The summed E-state index contributed by atoms with van der Waals surface area (Å²) in [5, 5.41) is 9.72. The zero-order valence-electron chi connectivity index (χ0n) is 12.5. The molecule has 1 N–H and O–H groups in total. The first kappa shape index (κ1) is 15.6. The summed E-state index contributed by atoms with van der Waals surface area (Å²) in [6.45, 7) is 0.746. The molecule has 0 spiro atoms. The molecule has 1 aromatic carbocycles. The summed E-state index contributed by atoms with van der Waals surface area (Å²) >= 11 is 1.94. The van der Waals surface area contributed by atoms with E-state index < -0.39 is 23.7 Å². The lowest BCUT2D eigenvalue weighted by Crippen LogP contribution is -2.35. The zero-order chi connectivity index (χ0) is 17.0. The van der Waals surface area contributed by atoms with Crippen molar-refractivity contribution in [2.24, 2.45) is 0 Å². The first-order chi connectivity index (χ1) is 11.5. The number of carboxylic acid groups (broad SMARTS) is 1. The number of aryl methyl sites for hydroxylation is 1. The summed E-state index contributed by atoms with van der Waals surface area (Å²) in [4.78, 5) is 30.0. The molecule has 0 bridgehead atoms. The molecule has 2 aliphatic heterocycles. The highest BCUT2D eigenvalue weighted by atomic mass is 127. The first-order valence-electron chi connectivity index (χ1n) is 7.53. The predicted molar refractivity (Wildman–Crippen MR) is 89.9 cm³/mol. The maximum atomic E-state index is 14.2. The molecule has 0 saturated carbocycles. The van der Waals surface area contributed by atoms with Crippen molar-refractivity contribution >= 4 is 34.5 Å². The molecule has 1 unspecified atom stereocenters. The number of fused-ring (bicyclic) bond motifs is 2. The third kappa shape index (κ3) is 2.23. The monoisotopic (exact) mass is 441 g/mol. The molecule has 3 heterocycles. The van der Waals surface area contributed by atoms with Crippen molar-refractivity contribution in [3.05, 3.63) is 50.4 Å². The van der Waals surface area contributed by atoms with Gasteiger partial charge in [0.25, 0.3) is 5.91 Å². The summed E-state index contributed by atoms with van der Waals surface area (Å²) in [7, 11) is 0. The van der Waals surface area contributed by atoms with Gasteiger partial charge in [-0.25, -0.2) is 14.2 Å². The molecule has 2 aliphatic rings. The number of aliphatic carboxylic acids is 1. The van der Waals surface area contributed by atoms with E-state index in [1.165, 1.54) is 11.0 Å². The number of carboxylic acids is 1. The van der Waals surface area contributed by atoms with Crippen LogP contribution in [0.5, 0.6) is 0 Å². The van der Waals surface area contributed by atoms with Gasteiger partial charge < -0.3 is 14.6 Å². The van der Waals surface area contributed by atoms with Crippen LogP contribution in [-0.4, -0.2) is 31.4 Å². The minimum atomic E-state index is -1.20. The number of nitrogens with zero attached hydrogens (tertiary/aromatic N) is 3. The lowest BCUT2D eigenvalue weighted by molar-refractivity contribution is -0.142. The Kier molecular flexibility index (Phi) is 3.59. The maximum Gasteiger partial charge on any atom is 0.332 e. The second kappa shape index (κ2) is 5.54. The van der Waals surface area contributed by atoms with E-state index in [-0.39, 0.29) is 17.7 Å². The Morgan fingerprint density at radius 1 is 1.42 bits per heavy atom. The lowest BCUT2D eigenvalue weighted by atomic mass is 10.1. The van der Waals surface area contributed by atoms with Crippen LogP contribution >= 0.6 is 22.6 Å². The van der Waals surface area contributed by atoms with Gasteiger partial charge in [-0.3, -0.25) is 4.79 Å². The van der Waals surface area contributed by atoms with Crippen molar-refractivity contribution in [2.75, 3.05) is 0 Å². The fraction of sp³-hybridized carbons (Fsp3) is 0.312. The Bertz CT molecular complexity index is 880. The molecule has 1 amide bonds. The Morgan fingerprint density at radius 2 is 2.21 bits per heavy atom. The molecule has 0 radical (unpaired) electrons. The van der Waals surface area contributed by atoms with Gasteiger partial charge in [0, 0.05) is 26.9 Å². The van der Waals surface area contributed by atoms with Gasteiger partial charge in [-0.2, -0.15) is 0 Å². The van der Waals surface area contributed by atoms with E-state index >= 15 is 0 Å². The molecule has 0 saturated heterocycles. The van der Waals surface area contributed by atoms with Gasteiger partial charge in [0.1, 0.15) is 5.82 Å². The van der Waals surface area contributed by atoms with Gasteiger partial charge in [-0.15, -0.1) is 0 Å². The summed E-state index contributed by atoms with van der Waals surface area (Å²) in [5.74, 6) is -2.10. The highest BCUT2D eigenvalue weighted by Crippen LogP contribution is 2.35. The van der Waals surface area contributed by atoms with Crippen LogP contribution in [0.1, 0.15) is 39.8 Å². The van der Waals surface area contributed by atoms with E-state index in [0.29, 0.717) is 9.26 Å². The number of amides is 1. The van der Waals surface area contributed by atoms with Crippen LogP contribution in [0.4, 0.5) is 4.39 Å². The van der Waals surface area contributed by atoms with Crippen molar-refractivity contribution < 1.29 is 19.1 Å². The van der Waals surface area contributed by atoms with E-state index in [2.05, 4.69) is 4.98 Å². The lowest BCUT2D eigenvalue weighted by Gasteiger charge is -2.23. The van der Waals surface area contributed by atoms with E-state index in [0.717, 1.165) is 25.1 Å². The van der Waals surface area contributed by atoms with Crippen LogP contribution in [0, 0.1) is 9.39 Å². The minimum Gasteiger partial charge on any atom is -0.479 e. The number of hydrogen-bond donors (Lipinski definition) is 1. The van der Waals surface area contributed by atoms with Gasteiger partial charge >= 0.3 is 5.97 Å². The number of benzene rings is 1. The van der Waals surface area contributed by atoms with E-state index in [9.17, 15) is 19.1 Å². The van der Waals surface area contributed by atoms with E-state index in [1.807, 2.05) is 27.2 Å². The van der Waals surface area contributed by atoms with E-state index in [1.54, 1.807) is 12.4 Å².